The summed E-state index contributed by atoms with van der Waals surface area (Å²) in [6.45, 7) is 1.87. The van der Waals surface area contributed by atoms with Crippen LogP contribution in [0.25, 0.3) is 0 Å². The molecular weight excluding hydrogens is 486 g/mol. The highest BCUT2D eigenvalue weighted by Crippen LogP contribution is 2.41. The lowest BCUT2D eigenvalue weighted by molar-refractivity contribution is -0.113. The van der Waals surface area contributed by atoms with Crippen LogP contribution in [-0.2, 0) is 10.5 Å². The smallest absolute Gasteiger partial charge is 0.255 e. The molecule has 2 heterocycles. The van der Waals surface area contributed by atoms with Crippen LogP contribution in [0.1, 0.15) is 24.1 Å². The first-order valence-corrected chi connectivity index (χ1v) is 12.8. The van der Waals surface area contributed by atoms with Crippen LogP contribution in [0.15, 0.2) is 95.3 Å². The summed E-state index contributed by atoms with van der Waals surface area (Å²) in [5.41, 5.74) is 3.81. The molecule has 8 nitrogen and oxygen atoms in total. The number of benzene rings is 3. The fraction of sp³-hybridized carbons (Fsp3) is 0.179. The number of carbonyl (C=O) groups excluding carboxylic acids is 1. The monoisotopic (exact) mass is 513 g/mol. The Bertz CT molecular complexity index is 1440. The average molecular weight is 514 g/mol. The van der Waals surface area contributed by atoms with E-state index >= 15 is 0 Å². The van der Waals surface area contributed by atoms with Crippen LogP contribution in [0.2, 0.25) is 0 Å². The maximum atomic E-state index is 13.7. The molecule has 5 rings (SSSR count). The molecule has 1 atom stereocenters. The summed E-state index contributed by atoms with van der Waals surface area (Å²) in [6.07, 6.45) is 0. The molecule has 4 aromatic rings. The third-order valence-electron chi connectivity index (χ3n) is 6.05. The lowest BCUT2D eigenvalue weighted by Gasteiger charge is -2.29. The zero-order valence-electron chi connectivity index (χ0n) is 20.8. The van der Waals surface area contributed by atoms with Gasteiger partial charge < -0.3 is 20.1 Å². The third kappa shape index (κ3) is 5.17. The summed E-state index contributed by atoms with van der Waals surface area (Å²) in [7, 11) is 3.22. The Morgan fingerprint density at radius 3 is 2.46 bits per heavy atom. The van der Waals surface area contributed by atoms with E-state index in [0.717, 1.165) is 11.3 Å². The molecule has 188 valence electrons. The summed E-state index contributed by atoms with van der Waals surface area (Å²) >= 11 is 1.54. The van der Waals surface area contributed by atoms with Gasteiger partial charge in [-0.25, -0.2) is 4.68 Å². The van der Waals surface area contributed by atoms with Gasteiger partial charge in [0.05, 0.1) is 19.8 Å². The minimum absolute atomic E-state index is 0.245. The molecule has 9 heteroatoms. The minimum Gasteiger partial charge on any atom is -0.497 e. The van der Waals surface area contributed by atoms with Crippen molar-refractivity contribution in [2.75, 3.05) is 24.9 Å². The number of hydrogen-bond acceptors (Lipinski definition) is 7. The molecular formula is C28H27N5O3S. The second kappa shape index (κ2) is 10.8. The number of para-hydroxylation sites is 1. The summed E-state index contributed by atoms with van der Waals surface area (Å²) < 4.78 is 13.0. The molecule has 0 unspecified atom stereocenters. The van der Waals surface area contributed by atoms with Gasteiger partial charge in [0, 0.05) is 22.7 Å². The van der Waals surface area contributed by atoms with Gasteiger partial charge >= 0.3 is 0 Å². The molecule has 0 fully saturated rings. The lowest BCUT2D eigenvalue weighted by Crippen LogP contribution is -2.31. The van der Waals surface area contributed by atoms with Crippen LogP contribution in [0.3, 0.4) is 0 Å². The lowest BCUT2D eigenvalue weighted by atomic mass is 9.94. The molecule has 1 aliphatic heterocycles. The number of ether oxygens (including phenoxy) is 2. The van der Waals surface area contributed by atoms with Crippen molar-refractivity contribution in [3.63, 3.8) is 0 Å². The predicted molar refractivity (Wildman–Crippen MR) is 145 cm³/mol. The van der Waals surface area contributed by atoms with Crippen LogP contribution in [0.5, 0.6) is 11.5 Å². The Labute approximate surface area is 219 Å². The first kappa shape index (κ1) is 24.5. The Morgan fingerprint density at radius 1 is 1.03 bits per heavy atom. The SMILES string of the molecule is COc1ccc(OC)c([C@@H]2C(C(=O)Nc3ccccc3)=C(C)Nc3nc(SCc4ccccc4)nn32)c1. The van der Waals surface area contributed by atoms with Crippen LogP contribution in [0, 0.1) is 0 Å². The first-order chi connectivity index (χ1) is 18.1. The van der Waals surface area contributed by atoms with E-state index in [2.05, 4.69) is 22.8 Å². The highest BCUT2D eigenvalue weighted by molar-refractivity contribution is 7.98. The van der Waals surface area contributed by atoms with Crippen molar-refractivity contribution in [1.82, 2.24) is 14.8 Å². The Kier molecular flexibility index (Phi) is 7.14. The highest BCUT2D eigenvalue weighted by Gasteiger charge is 2.36. The number of nitrogens with zero attached hydrogens (tertiary/aromatic N) is 3. The Morgan fingerprint density at radius 2 is 1.76 bits per heavy atom. The minimum atomic E-state index is -0.594. The van der Waals surface area contributed by atoms with E-state index in [9.17, 15) is 4.79 Å². The van der Waals surface area contributed by atoms with Crippen molar-refractivity contribution < 1.29 is 14.3 Å². The zero-order chi connectivity index (χ0) is 25.8. The van der Waals surface area contributed by atoms with Gasteiger partial charge in [-0.2, -0.15) is 4.98 Å². The molecule has 1 aromatic heterocycles. The van der Waals surface area contributed by atoms with Gasteiger partial charge in [-0.3, -0.25) is 4.79 Å². The van der Waals surface area contributed by atoms with E-state index in [1.807, 2.05) is 73.7 Å². The van der Waals surface area contributed by atoms with Crippen molar-refractivity contribution in [2.24, 2.45) is 0 Å². The van der Waals surface area contributed by atoms with Crippen molar-refractivity contribution >= 4 is 29.3 Å². The van der Waals surface area contributed by atoms with Crippen LogP contribution in [-0.4, -0.2) is 34.9 Å². The number of allylic oxidation sites excluding steroid dienone is 1. The van der Waals surface area contributed by atoms with Gasteiger partial charge in [-0.1, -0.05) is 60.3 Å². The number of carbonyl (C=O) groups is 1. The molecule has 1 aliphatic rings. The van der Waals surface area contributed by atoms with Crippen LogP contribution >= 0.6 is 11.8 Å². The van der Waals surface area contributed by atoms with E-state index in [-0.39, 0.29) is 5.91 Å². The molecule has 0 aliphatic carbocycles. The fourth-order valence-corrected chi connectivity index (χ4v) is 5.05. The van der Waals surface area contributed by atoms with Gasteiger partial charge in [0.1, 0.15) is 17.5 Å². The van der Waals surface area contributed by atoms with Crippen molar-refractivity contribution in [2.45, 2.75) is 23.9 Å². The Balaban J connectivity index is 1.56. The summed E-state index contributed by atoms with van der Waals surface area (Å²) in [4.78, 5) is 18.4. The van der Waals surface area contributed by atoms with E-state index < -0.39 is 6.04 Å². The topological polar surface area (TPSA) is 90.3 Å². The molecule has 0 saturated heterocycles. The summed E-state index contributed by atoms with van der Waals surface area (Å²) in [5.74, 6) is 2.30. The number of thioether (sulfide) groups is 1. The molecule has 37 heavy (non-hydrogen) atoms. The molecule has 0 saturated carbocycles. The van der Waals surface area contributed by atoms with E-state index in [1.54, 1.807) is 18.9 Å². The normalized spacial score (nSPS) is 14.5. The number of methoxy groups -OCH3 is 2. The zero-order valence-corrected chi connectivity index (χ0v) is 21.6. The largest absolute Gasteiger partial charge is 0.497 e. The van der Waals surface area contributed by atoms with Crippen LogP contribution < -0.4 is 20.1 Å². The van der Waals surface area contributed by atoms with Crippen molar-refractivity contribution in [1.29, 1.82) is 0 Å². The predicted octanol–water partition coefficient (Wildman–Crippen LogP) is 5.52. The second-order valence-corrected chi connectivity index (χ2v) is 9.37. The number of nitrogens with one attached hydrogen (secondary N) is 2. The molecule has 0 bridgehead atoms. The fourth-order valence-electron chi connectivity index (χ4n) is 4.27. The average Bonchev–Trinajstić information content (AvgIpc) is 3.34. The maximum Gasteiger partial charge on any atom is 0.255 e. The molecule has 2 N–H and O–H groups in total. The van der Waals surface area contributed by atoms with Gasteiger partial charge in [-0.15, -0.1) is 5.10 Å². The van der Waals surface area contributed by atoms with E-state index in [0.29, 0.717) is 39.6 Å². The number of aromatic nitrogens is 3. The summed E-state index contributed by atoms with van der Waals surface area (Å²) in [5, 5.41) is 11.7. The highest BCUT2D eigenvalue weighted by atomic mass is 32.2. The number of fused-ring (bicyclic) bond motifs is 1. The van der Waals surface area contributed by atoms with Crippen molar-refractivity contribution in [3.8, 4) is 11.5 Å². The van der Waals surface area contributed by atoms with E-state index in [4.69, 9.17) is 19.6 Å². The van der Waals surface area contributed by atoms with E-state index in [1.165, 1.54) is 17.3 Å². The number of anilines is 2. The number of hydrogen-bond donors (Lipinski definition) is 2. The third-order valence-corrected chi connectivity index (χ3v) is 6.96. The van der Waals surface area contributed by atoms with Crippen molar-refractivity contribution in [3.05, 3.63) is 101 Å². The number of amides is 1. The summed E-state index contributed by atoms with van der Waals surface area (Å²) in [6, 6.07) is 24.5. The second-order valence-electron chi connectivity index (χ2n) is 8.43. The van der Waals surface area contributed by atoms with Gasteiger partial charge in [0.2, 0.25) is 11.1 Å². The van der Waals surface area contributed by atoms with Crippen LogP contribution in [0.4, 0.5) is 11.6 Å². The maximum absolute atomic E-state index is 13.7. The van der Waals surface area contributed by atoms with Gasteiger partial charge in [0.25, 0.3) is 5.91 Å². The molecule has 0 spiro atoms. The quantitative estimate of drug-likeness (QED) is 0.300. The molecule has 0 radical (unpaired) electrons. The van der Waals surface area contributed by atoms with Gasteiger partial charge in [0.15, 0.2) is 0 Å². The first-order valence-electron chi connectivity index (χ1n) is 11.8. The standard InChI is InChI=1S/C28H27N5O3S/c1-18-24(26(34)30-20-12-8-5-9-13-20)25(22-16-21(35-2)14-15-23(22)36-3)33-27(29-18)31-28(32-33)37-17-19-10-6-4-7-11-19/h4-16,25H,17H2,1-3H3,(H,30,34)(H,29,31,32)/t25-/m1/s1. The molecule has 3 aromatic carbocycles. The molecule has 1 amide bonds. The number of rotatable bonds is 8. The van der Waals surface area contributed by atoms with Gasteiger partial charge in [-0.05, 0) is 42.8 Å². The Hall–Kier alpha value is -4.24.